The maximum atomic E-state index is 12.7. The highest BCUT2D eigenvalue weighted by Crippen LogP contribution is 2.31. The molecule has 29 heavy (non-hydrogen) atoms. The van der Waals surface area contributed by atoms with Gasteiger partial charge >= 0.3 is 0 Å². The van der Waals surface area contributed by atoms with Gasteiger partial charge in [0.25, 0.3) is 5.56 Å². The summed E-state index contributed by atoms with van der Waals surface area (Å²) in [5.41, 5.74) is 0.697. The van der Waals surface area contributed by atoms with E-state index in [0.717, 1.165) is 15.2 Å². The smallest absolute Gasteiger partial charge is 0.291 e. The molecular formula is C20H10N4O3S2. The van der Waals surface area contributed by atoms with Crippen molar-refractivity contribution in [3.63, 3.8) is 0 Å². The summed E-state index contributed by atoms with van der Waals surface area (Å²) in [7, 11) is 0. The van der Waals surface area contributed by atoms with Gasteiger partial charge in [-0.1, -0.05) is 23.5 Å². The molecule has 0 saturated heterocycles. The van der Waals surface area contributed by atoms with Gasteiger partial charge in [-0.05, 0) is 36.4 Å². The minimum absolute atomic E-state index is 0.242. The van der Waals surface area contributed by atoms with Crippen LogP contribution in [0, 0.1) is 0 Å². The first-order valence-electron chi connectivity index (χ1n) is 8.65. The zero-order valence-corrected chi connectivity index (χ0v) is 16.2. The molecule has 6 rings (SSSR count). The standard InChI is InChI=1S/C20H10N4O3S2/c25-19-16(29-20-22-17(23-24(19)20)13-5-3-9-26-13)10-11-7-8-14(27-11)18-21-12-4-1-2-6-15(12)28-18/h1-10H/b16-10-. The van der Waals surface area contributed by atoms with Crippen LogP contribution >= 0.6 is 22.7 Å². The fourth-order valence-corrected chi connectivity index (χ4v) is 4.81. The molecule has 0 atom stereocenters. The van der Waals surface area contributed by atoms with Crippen molar-refractivity contribution in [2.45, 2.75) is 0 Å². The van der Waals surface area contributed by atoms with Gasteiger partial charge in [0.05, 0.1) is 16.5 Å². The lowest BCUT2D eigenvalue weighted by Gasteiger charge is -1.87. The third-order valence-corrected chi connectivity index (χ3v) is 6.34. The molecular weight excluding hydrogens is 408 g/mol. The summed E-state index contributed by atoms with van der Waals surface area (Å²) in [5, 5.41) is 5.05. The second kappa shape index (κ2) is 6.23. The van der Waals surface area contributed by atoms with Crippen LogP contribution in [-0.2, 0) is 0 Å². The lowest BCUT2D eigenvalue weighted by molar-refractivity contribution is 0.571. The van der Waals surface area contributed by atoms with Gasteiger partial charge in [-0.3, -0.25) is 4.79 Å². The summed E-state index contributed by atoms with van der Waals surface area (Å²) < 4.78 is 14.1. The monoisotopic (exact) mass is 418 g/mol. The Morgan fingerprint density at radius 3 is 2.72 bits per heavy atom. The number of fused-ring (bicyclic) bond motifs is 2. The maximum Gasteiger partial charge on any atom is 0.291 e. The molecule has 0 aliphatic rings. The fraction of sp³-hybridized carbons (Fsp3) is 0. The van der Waals surface area contributed by atoms with Gasteiger partial charge in [0.15, 0.2) is 16.5 Å². The van der Waals surface area contributed by atoms with Crippen LogP contribution in [0.2, 0.25) is 0 Å². The van der Waals surface area contributed by atoms with Gasteiger partial charge in [0, 0.05) is 6.08 Å². The number of thiazole rings is 2. The van der Waals surface area contributed by atoms with Crippen LogP contribution < -0.4 is 10.1 Å². The van der Waals surface area contributed by atoms with Crippen LogP contribution in [0.3, 0.4) is 0 Å². The van der Waals surface area contributed by atoms with Gasteiger partial charge in [-0.15, -0.1) is 16.4 Å². The first-order chi connectivity index (χ1) is 14.2. The Bertz CT molecular complexity index is 1550. The highest BCUT2D eigenvalue weighted by Gasteiger charge is 2.14. The molecule has 9 heteroatoms. The van der Waals surface area contributed by atoms with Gasteiger partial charge in [0.1, 0.15) is 10.3 Å². The molecule has 0 aliphatic heterocycles. The molecule has 7 nitrogen and oxygen atoms in total. The van der Waals surface area contributed by atoms with Crippen molar-refractivity contribution in [1.29, 1.82) is 0 Å². The lowest BCUT2D eigenvalue weighted by atomic mass is 10.3. The second-order valence-corrected chi connectivity index (χ2v) is 8.25. The molecule has 0 radical (unpaired) electrons. The molecule has 0 N–H and O–H groups in total. The Hall–Kier alpha value is -3.56. The molecule has 5 aromatic heterocycles. The van der Waals surface area contributed by atoms with E-state index in [1.165, 1.54) is 15.9 Å². The number of rotatable bonds is 3. The highest BCUT2D eigenvalue weighted by molar-refractivity contribution is 7.21. The largest absolute Gasteiger partial charge is 0.461 e. The molecule has 0 saturated carbocycles. The zero-order chi connectivity index (χ0) is 19.4. The van der Waals surface area contributed by atoms with E-state index in [0.29, 0.717) is 32.6 Å². The Labute approximate surface area is 170 Å². The summed E-state index contributed by atoms with van der Waals surface area (Å²) in [6.07, 6.45) is 3.24. The second-order valence-electron chi connectivity index (χ2n) is 6.21. The minimum atomic E-state index is -0.242. The predicted octanol–water partition coefficient (Wildman–Crippen LogP) is 3.83. The Kier molecular flexibility index (Phi) is 3.52. The van der Waals surface area contributed by atoms with Crippen LogP contribution in [0.25, 0.3) is 43.6 Å². The molecule has 0 spiro atoms. The summed E-state index contributed by atoms with van der Waals surface area (Å²) in [4.78, 5) is 22.1. The van der Waals surface area contributed by atoms with Crippen molar-refractivity contribution in [2.75, 3.05) is 0 Å². The third kappa shape index (κ3) is 2.71. The molecule has 0 aliphatic carbocycles. The van der Waals surface area contributed by atoms with Gasteiger partial charge in [-0.2, -0.15) is 9.50 Å². The highest BCUT2D eigenvalue weighted by atomic mass is 32.1. The number of benzene rings is 1. The quantitative estimate of drug-likeness (QED) is 0.434. The first-order valence-corrected chi connectivity index (χ1v) is 10.3. The number of hydrogen-bond acceptors (Lipinski definition) is 8. The number of nitrogens with zero attached hydrogens (tertiary/aromatic N) is 4. The summed E-state index contributed by atoms with van der Waals surface area (Å²) in [6, 6.07) is 15.1. The van der Waals surface area contributed by atoms with Crippen molar-refractivity contribution in [1.82, 2.24) is 19.6 Å². The molecule has 0 bridgehead atoms. The van der Waals surface area contributed by atoms with Gasteiger partial charge in [-0.25, -0.2) is 4.98 Å². The van der Waals surface area contributed by atoms with Crippen molar-refractivity contribution >= 4 is 43.9 Å². The molecule has 0 unspecified atom stereocenters. The van der Waals surface area contributed by atoms with E-state index < -0.39 is 0 Å². The van der Waals surface area contributed by atoms with Crippen LogP contribution in [0.4, 0.5) is 0 Å². The predicted molar refractivity (Wildman–Crippen MR) is 111 cm³/mol. The Morgan fingerprint density at radius 2 is 1.90 bits per heavy atom. The van der Waals surface area contributed by atoms with Gasteiger partial charge in [0.2, 0.25) is 10.8 Å². The summed E-state index contributed by atoms with van der Waals surface area (Å²) in [6.45, 7) is 0. The Balaban J connectivity index is 1.39. The van der Waals surface area contributed by atoms with Crippen molar-refractivity contribution in [3.8, 4) is 22.4 Å². The number of furan rings is 2. The molecule has 1 aromatic carbocycles. The van der Waals surface area contributed by atoms with E-state index in [9.17, 15) is 4.79 Å². The van der Waals surface area contributed by atoms with E-state index in [1.54, 1.807) is 35.8 Å². The van der Waals surface area contributed by atoms with E-state index in [-0.39, 0.29) is 5.56 Å². The minimum Gasteiger partial charge on any atom is -0.461 e. The summed E-state index contributed by atoms with van der Waals surface area (Å²) >= 11 is 2.82. The zero-order valence-electron chi connectivity index (χ0n) is 14.6. The average molecular weight is 418 g/mol. The average Bonchev–Trinajstić information content (AvgIpc) is 3.53. The van der Waals surface area contributed by atoms with E-state index in [4.69, 9.17) is 8.83 Å². The van der Waals surface area contributed by atoms with Crippen LogP contribution in [0.1, 0.15) is 5.76 Å². The molecule has 0 fully saturated rings. The van der Waals surface area contributed by atoms with Crippen molar-refractivity contribution < 1.29 is 8.83 Å². The fourth-order valence-electron chi connectivity index (χ4n) is 3.00. The number of hydrogen-bond donors (Lipinski definition) is 0. The van der Waals surface area contributed by atoms with Gasteiger partial charge < -0.3 is 8.83 Å². The topological polar surface area (TPSA) is 86.4 Å². The lowest BCUT2D eigenvalue weighted by Crippen LogP contribution is -2.23. The third-order valence-electron chi connectivity index (χ3n) is 4.33. The molecule has 0 amide bonds. The van der Waals surface area contributed by atoms with Crippen molar-refractivity contribution in [3.05, 3.63) is 75.4 Å². The van der Waals surface area contributed by atoms with Crippen LogP contribution in [0.5, 0.6) is 0 Å². The SMILES string of the molecule is O=c1/c(=C/c2ccc(-c3nc4ccccc4s3)o2)sc2nc(-c3ccco3)nn12. The van der Waals surface area contributed by atoms with Crippen LogP contribution in [-0.4, -0.2) is 19.6 Å². The molecule has 6 aromatic rings. The summed E-state index contributed by atoms with van der Waals surface area (Å²) in [5.74, 6) is 2.16. The van der Waals surface area contributed by atoms with E-state index in [1.807, 2.05) is 36.4 Å². The molecule has 140 valence electrons. The van der Waals surface area contributed by atoms with E-state index in [2.05, 4.69) is 15.1 Å². The van der Waals surface area contributed by atoms with Crippen molar-refractivity contribution in [2.24, 2.45) is 0 Å². The van der Waals surface area contributed by atoms with Crippen LogP contribution in [0.15, 0.2) is 68.4 Å². The maximum absolute atomic E-state index is 12.7. The Morgan fingerprint density at radius 1 is 0.966 bits per heavy atom. The van der Waals surface area contributed by atoms with E-state index >= 15 is 0 Å². The number of para-hydroxylation sites is 1. The normalized spacial score (nSPS) is 12.5. The number of aromatic nitrogens is 4. The molecule has 5 heterocycles. The first kappa shape index (κ1) is 16.4.